The van der Waals surface area contributed by atoms with Crippen molar-refractivity contribution in [2.45, 2.75) is 34.6 Å². The second-order valence-corrected chi connectivity index (χ2v) is 8.16. The van der Waals surface area contributed by atoms with Crippen molar-refractivity contribution < 1.29 is 24.5 Å². The van der Waals surface area contributed by atoms with Crippen LogP contribution in [-0.4, -0.2) is 60.4 Å². The Bertz CT molecular complexity index is 1220. The van der Waals surface area contributed by atoms with Crippen LogP contribution in [0.4, 0.5) is 17.2 Å². The minimum absolute atomic E-state index is 0.0178. The number of hydrogen-bond acceptors (Lipinski definition) is 7. The predicted molar refractivity (Wildman–Crippen MR) is 162 cm³/mol. The number of aliphatic hydroxyl groups is 1. The number of aryl methyl sites for hydroxylation is 1. The van der Waals surface area contributed by atoms with E-state index < -0.39 is 0 Å². The third kappa shape index (κ3) is 10.9. The van der Waals surface area contributed by atoms with E-state index in [1.807, 2.05) is 52.8 Å². The molecule has 9 heteroatoms. The van der Waals surface area contributed by atoms with Gasteiger partial charge in [0.25, 0.3) is 11.8 Å². The van der Waals surface area contributed by atoms with E-state index in [0.29, 0.717) is 35.7 Å². The van der Waals surface area contributed by atoms with Crippen molar-refractivity contribution in [3.8, 4) is 5.75 Å². The minimum Gasteiger partial charge on any atom is -0.508 e. The van der Waals surface area contributed by atoms with Gasteiger partial charge in [0.1, 0.15) is 11.6 Å². The number of anilines is 3. The summed E-state index contributed by atoms with van der Waals surface area (Å²) < 4.78 is 5.37. The fraction of sp³-hybridized carbons (Fsp3) is 0.323. The molecule has 1 aliphatic heterocycles. The van der Waals surface area contributed by atoms with Gasteiger partial charge in [-0.25, -0.2) is 4.98 Å². The molecule has 0 spiro atoms. The van der Waals surface area contributed by atoms with Gasteiger partial charge in [-0.2, -0.15) is 0 Å². The highest BCUT2D eigenvalue weighted by molar-refractivity contribution is 6.07. The first-order valence-electron chi connectivity index (χ1n) is 13.2. The molecule has 0 saturated carbocycles. The zero-order chi connectivity index (χ0) is 29.9. The molecule has 2 heterocycles. The van der Waals surface area contributed by atoms with Crippen LogP contribution in [0.2, 0.25) is 0 Å². The standard InChI is InChI=1S/C24H24N4O4.C4H8.C2H6.CH4O/c1-16-5-6-19(15-21(16)27-24(31)17-3-2-4-20(29)13-17)26-23(30)18-7-8-25-22(14-18)28-9-11-32-12-10-28;1-3-4-2;2*1-2/h2-8,13-15,29H,9-12H2,1H3,(H,26,30)(H,27,31);3-4H,1-2H3;1-2H3;2H,1H3/b;4-3-;;. The first-order valence-corrected chi connectivity index (χ1v) is 13.2. The van der Waals surface area contributed by atoms with Gasteiger partial charge >= 0.3 is 0 Å². The number of phenolic OH excluding ortho intramolecular Hbond substituents is 1. The summed E-state index contributed by atoms with van der Waals surface area (Å²) in [4.78, 5) is 31.8. The molecule has 1 fully saturated rings. The Morgan fingerprint density at radius 1 is 0.900 bits per heavy atom. The molecule has 1 aliphatic rings. The van der Waals surface area contributed by atoms with Gasteiger partial charge in [0.2, 0.25) is 0 Å². The number of pyridine rings is 1. The van der Waals surface area contributed by atoms with Crippen LogP contribution in [0.3, 0.4) is 0 Å². The van der Waals surface area contributed by atoms with Crippen LogP contribution in [0.5, 0.6) is 5.75 Å². The highest BCUT2D eigenvalue weighted by Crippen LogP contribution is 2.23. The van der Waals surface area contributed by atoms with Gasteiger partial charge < -0.3 is 30.5 Å². The average Bonchev–Trinajstić information content (AvgIpc) is 3.01. The van der Waals surface area contributed by atoms with Crippen LogP contribution < -0.4 is 15.5 Å². The smallest absolute Gasteiger partial charge is 0.255 e. The molecule has 216 valence electrons. The van der Waals surface area contributed by atoms with E-state index in [1.54, 1.807) is 42.6 Å². The van der Waals surface area contributed by atoms with E-state index in [4.69, 9.17) is 9.84 Å². The topological polar surface area (TPSA) is 124 Å². The van der Waals surface area contributed by atoms with E-state index in [-0.39, 0.29) is 17.6 Å². The number of rotatable bonds is 5. The third-order valence-electron chi connectivity index (χ3n) is 5.53. The molecule has 4 rings (SSSR count). The predicted octanol–water partition coefficient (Wildman–Crippen LogP) is 5.65. The minimum atomic E-state index is -0.350. The summed E-state index contributed by atoms with van der Waals surface area (Å²) in [7, 11) is 1.00. The highest BCUT2D eigenvalue weighted by atomic mass is 16.5. The molecular weight excluding hydrogens is 508 g/mol. The zero-order valence-electron chi connectivity index (χ0n) is 24.3. The van der Waals surface area contributed by atoms with Gasteiger partial charge in [-0.15, -0.1) is 0 Å². The zero-order valence-corrected chi connectivity index (χ0v) is 24.3. The number of aromatic nitrogens is 1. The molecule has 2 amide bonds. The molecular formula is C31H42N4O5. The molecule has 0 unspecified atom stereocenters. The van der Waals surface area contributed by atoms with E-state index in [0.717, 1.165) is 31.6 Å². The summed E-state index contributed by atoms with van der Waals surface area (Å²) in [5, 5.41) is 22.3. The number of benzene rings is 2. The number of ether oxygens (including phenoxy) is 1. The Hall–Kier alpha value is -4.21. The van der Waals surface area contributed by atoms with Crippen molar-refractivity contribution in [3.05, 3.63) is 89.6 Å². The maximum Gasteiger partial charge on any atom is 0.255 e. The van der Waals surface area contributed by atoms with E-state index in [9.17, 15) is 14.7 Å². The Kier molecular flexibility index (Phi) is 16.0. The molecule has 0 radical (unpaired) electrons. The lowest BCUT2D eigenvalue weighted by Gasteiger charge is -2.27. The average molecular weight is 551 g/mol. The molecule has 1 aromatic heterocycles. The number of amides is 2. The number of aliphatic hydroxyl groups excluding tert-OH is 1. The summed E-state index contributed by atoms with van der Waals surface area (Å²) in [6.45, 7) is 12.6. The van der Waals surface area contributed by atoms with E-state index in [2.05, 4.69) is 20.5 Å². The fourth-order valence-corrected chi connectivity index (χ4v) is 3.40. The van der Waals surface area contributed by atoms with Gasteiger partial charge in [-0.05, 0) is 68.8 Å². The number of allylic oxidation sites excluding steroid dienone is 2. The molecule has 0 bridgehead atoms. The number of aromatic hydroxyl groups is 1. The number of carbonyl (C=O) groups is 2. The van der Waals surface area contributed by atoms with Crippen molar-refractivity contribution in [2.75, 3.05) is 48.9 Å². The molecule has 2 aromatic carbocycles. The molecule has 0 aliphatic carbocycles. The monoisotopic (exact) mass is 550 g/mol. The van der Waals surface area contributed by atoms with Gasteiger partial charge in [0, 0.05) is 48.9 Å². The van der Waals surface area contributed by atoms with Gasteiger partial charge in [0.15, 0.2) is 0 Å². The SMILES string of the molecule is C/C=C\C.CC.CO.Cc1ccc(NC(=O)c2ccnc(N3CCOCC3)c2)cc1NC(=O)c1cccc(O)c1. The molecule has 0 atom stereocenters. The normalized spacial score (nSPS) is 12.0. The molecule has 3 aromatic rings. The number of phenols is 1. The highest BCUT2D eigenvalue weighted by Gasteiger charge is 2.15. The quantitative estimate of drug-likeness (QED) is 0.303. The number of morpholine rings is 1. The molecule has 40 heavy (non-hydrogen) atoms. The van der Waals surface area contributed by atoms with Crippen molar-refractivity contribution in [3.63, 3.8) is 0 Å². The van der Waals surface area contributed by atoms with Crippen LogP contribution in [0.25, 0.3) is 0 Å². The number of hydrogen-bond donors (Lipinski definition) is 4. The summed E-state index contributed by atoms with van der Waals surface area (Å²) in [5.41, 5.74) is 2.80. The summed E-state index contributed by atoms with van der Waals surface area (Å²) in [5.74, 6) is 0.140. The number of carbonyl (C=O) groups excluding carboxylic acids is 2. The van der Waals surface area contributed by atoms with E-state index in [1.165, 1.54) is 12.1 Å². The van der Waals surface area contributed by atoms with Gasteiger partial charge in [-0.3, -0.25) is 9.59 Å². The number of nitrogens with zero attached hydrogens (tertiary/aromatic N) is 2. The van der Waals surface area contributed by atoms with Crippen LogP contribution >= 0.6 is 0 Å². The van der Waals surface area contributed by atoms with Crippen LogP contribution in [0.15, 0.2) is 72.9 Å². The Labute approximate surface area is 237 Å². The Balaban J connectivity index is 0.000000902. The lowest BCUT2D eigenvalue weighted by Crippen LogP contribution is -2.36. The van der Waals surface area contributed by atoms with Crippen LogP contribution in [0.1, 0.15) is 54.0 Å². The Morgan fingerprint density at radius 2 is 1.52 bits per heavy atom. The maximum absolute atomic E-state index is 12.8. The van der Waals surface area contributed by atoms with Gasteiger partial charge in [0.05, 0.1) is 13.2 Å². The van der Waals surface area contributed by atoms with Crippen molar-refractivity contribution in [2.24, 2.45) is 0 Å². The van der Waals surface area contributed by atoms with Gasteiger partial charge in [-0.1, -0.05) is 38.1 Å². The first kappa shape index (κ1) is 33.8. The largest absolute Gasteiger partial charge is 0.508 e. The molecule has 1 saturated heterocycles. The van der Waals surface area contributed by atoms with Crippen LogP contribution in [-0.2, 0) is 4.74 Å². The van der Waals surface area contributed by atoms with Crippen LogP contribution in [0, 0.1) is 6.92 Å². The second-order valence-electron chi connectivity index (χ2n) is 8.16. The molecule has 9 nitrogen and oxygen atoms in total. The first-order chi connectivity index (χ1) is 19.4. The summed E-state index contributed by atoms with van der Waals surface area (Å²) in [6, 6.07) is 14.9. The lowest BCUT2D eigenvalue weighted by atomic mass is 10.1. The van der Waals surface area contributed by atoms with Crippen molar-refractivity contribution >= 4 is 29.0 Å². The summed E-state index contributed by atoms with van der Waals surface area (Å²) >= 11 is 0. The summed E-state index contributed by atoms with van der Waals surface area (Å²) in [6.07, 6.45) is 5.62. The third-order valence-corrected chi connectivity index (χ3v) is 5.53. The lowest BCUT2D eigenvalue weighted by molar-refractivity contribution is 0.101. The second kappa shape index (κ2) is 18.9. The fourth-order valence-electron chi connectivity index (χ4n) is 3.40. The molecule has 4 N–H and O–H groups in total. The van der Waals surface area contributed by atoms with E-state index >= 15 is 0 Å². The maximum atomic E-state index is 12.8. The Morgan fingerprint density at radius 3 is 2.15 bits per heavy atom. The van der Waals surface area contributed by atoms with Crippen molar-refractivity contribution in [1.82, 2.24) is 4.98 Å². The number of nitrogens with one attached hydrogen (secondary N) is 2. The van der Waals surface area contributed by atoms with Crippen molar-refractivity contribution in [1.29, 1.82) is 0 Å².